The van der Waals surface area contributed by atoms with Gasteiger partial charge in [0.2, 0.25) is 5.91 Å². The van der Waals surface area contributed by atoms with Crippen LogP contribution in [0, 0.1) is 10.1 Å². The van der Waals surface area contributed by atoms with Crippen molar-refractivity contribution in [3.8, 4) is 0 Å². The van der Waals surface area contributed by atoms with Crippen LogP contribution in [0.1, 0.15) is 0 Å². The molecule has 0 aliphatic carbocycles. The van der Waals surface area contributed by atoms with Crippen molar-refractivity contribution < 1.29 is 23.6 Å². The van der Waals surface area contributed by atoms with Crippen LogP contribution >= 0.6 is 0 Å². The van der Waals surface area contributed by atoms with Crippen molar-refractivity contribution in [2.45, 2.75) is 6.43 Å². The monoisotopic (exact) mass is 303 g/mol. The number of amides is 1. The summed E-state index contributed by atoms with van der Waals surface area (Å²) < 4.78 is 24.6. The second kappa shape index (κ2) is 8.22. The van der Waals surface area contributed by atoms with E-state index in [0.29, 0.717) is 5.69 Å². The van der Waals surface area contributed by atoms with E-state index >= 15 is 0 Å². The van der Waals surface area contributed by atoms with Gasteiger partial charge < -0.3 is 10.4 Å². The molecule has 0 fully saturated rings. The van der Waals surface area contributed by atoms with Crippen molar-refractivity contribution in [2.24, 2.45) is 0 Å². The number of halogens is 2. The second-order valence-corrected chi connectivity index (χ2v) is 4.20. The molecule has 1 amide bonds. The molecule has 116 valence electrons. The van der Waals surface area contributed by atoms with Crippen molar-refractivity contribution in [2.75, 3.05) is 31.6 Å². The molecule has 1 aromatic rings. The number of alkyl halides is 2. The lowest BCUT2D eigenvalue weighted by Gasteiger charge is -2.20. The maximum Gasteiger partial charge on any atom is 0.269 e. The SMILES string of the molecule is O=C(CN(CCO)CC(F)F)Nc1ccc([N+](=O)[O-])cc1. The smallest absolute Gasteiger partial charge is 0.269 e. The molecule has 0 atom stereocenters. The van der Waals surface area contributed by atoms with E-state index < -0.39 is 23.8 Å². The highest BCUT2D eigenvalue weighted by molar-refractivity contribution is 5.92. The van der Waals surface area contributed by atoms with E-state index in [0.717, 1.165) is 4.90 Å². The molecule has 0 aliphatic rings. The number of nitrogens with one attached hydrogen (secondary N) is 1. The first-order valence-corrected chi connectivity index (χ1v) is 6.08. The van der Waals surface area contributed by atoms with Crippen LogP contribution in [0.5, 0.6) is 0 Å². The van der Waals surface area contributed by atoms with E-state index in [1.54, 1.807) is 0 Å². The van der Waals surface area contributed by atoms with E-state index in [1.165, 1.54) is 24.3 Å². The molecule has 1 rings (SSSR count). The molecule has 9 heteroatoms. The summed E-state index contributed by atoms with van der Waals surface area (Å²) in [7, 11) is 0. The number of aliphatic hydroxyl groups excluding tert-OH is 1. The minimum atomic E-state index is -2.61. The van der Waals surface area contributed by atoms with Gasteiger partial charge in [-0.2, -0.15) is 0 Å². The Bertz CT molecular complexity index is 482. The highest BCUT2D eigenvalue weighted by atomic mass is 19.3. The van der Waals surface area contributed by atoms with E-state index in [2.05, 4.69) is 5.32 Å². The number of nitro groups is 1. The highest BCUT2D eigenvalue weighted by Gasteiger charge is 2.15. The molecule has 0 heterocycles. The lowest BCUT2D eigenvalue weighted by atomic mass is 10.3. The summed E-state index contributed by atoms with van der Waals surface area (Å²) in [6.45, 7) is -1.30. The average Bonchev–Trinajstić information content (AvgIpc) is 2.38. The fraction of sp³-hybridized carbons (Fsp3) is 0.417. The van der Waals surface area contributed by atoms with Gasteiger partial charge in [0.1, 0.15) is 0 Å². The summed E-state index contributed by atoms with van der Waals surface area (Å²) in [4.78, 5) is 22.7. The van der Waals surface area contributed by atoms with Gasteiger partial charge in [-0.3, -0.25) is 19.8 Å². The van der Waals surface area contributed by atoms with Gasteiger partial charge in [-0.15, -0.1) is 0 Å². The molecule has 0 spiro atoms. The van der Waals surface area contributed by atoms with Crippen LogP contribution in [0.2, 0.25) is 0 Å². The zero-order valence-corrected chi connectivity index (χ0v) is 11.0. The fourth-order valence-corrected chi connectivity index (χ4v) is 1.64. The highest BCUT2D eigenvalue weighted by Crippen LogP contribution is 2.15. The predicted molar refractivity (Wildman–Crippen MR) is 71.3 cm³/mol. The van der Waals surface area contributed by atoms with E-state index in [9.17, 15) is 23.7 Å². The number of hydrogen-bond donors (Lipinski definition) is 2. The van der Waals surface area contributed by atoms with Crippen molar-refractivity contribution in [3.05, 3.63) is 34.4 Å². The Morgan fingerprint density at radius 3 is 2.48 bits per heavy atom. The van der Waals surface area contributed by atoms with Gasteiger partial charge in [0.25, 0.3) is 12.1 Å². The Morgan fingerprint density at radius 2 is 2.00 bits per heavy atom. The Morgan fingerprint density at radius 1 is 1.38 bits per heavy atom. The summed E-state index contributed by atoms with van der Waals surface area (Å²) in [5.74, 6) is -0.544. The van der Waals surface area contributed by atoms with Gasteiger partial charge >= 0.3 is 0 Å². The van der Waals surface area contributed by atoms with Crippen molar-refractivity contribution in [1.82, 2.24) is 4.90 Å². The Labute approximate surface area is 119 Å². The molecular formula is C12H15F2N3O4. The second-order valence-electron chi connectivity index (χ2n) is 4.20. The molecule has 0 saturated carbocycles. The third-order valence-electron chi connectivity index (χ3n) is 2.54. The van der Waals surface area contributed by atoms with Crippen LogP contribution in [0.15, 0.2) is 24.3 Å². The molecule has 0 aliphatic heterocycles. The standard InChI is InChI=1S/C12H15F2N3O4/c13-11(14)7-16(5-6-18)8-12(19)15-9-1-3-10(4-2-9)17(20)21/h1-4,11,18H,5-8H2,(H,15,19). The maximum atomic E-state index is 12.3. The number of rotatable bonds is 8. The van der Waals surface area contributed by atoms with Crippen molar-refractivity contribution in [3.63, 3.8) is 0 Å². The number of carbonyl (C=O) groups is 1. The van der Waals surface area contributed by atoms with Crippen LogP contribution in [0.3, 0.4) is 0 Å². The first kappa shape index (κ1) is 16.9. The van der Waals surface area contributed by atoms with Crippen LogP contribution in [0.25, 0.3) is 0 Å². The van der Waals surface area contributed by atoms with Gasteiger partial charge in [0, 0.05) is 24.4 Å². The van der Waals surface area contributed by atoms with Crippen molar-refractivity contribution >= 4 is 17.3 Å². The number of carbonyl (C=O) groups excluding carboxylic acids is 1. The number of nitro benzene ring substituents is 1. The van der Waals surface area contributed by atoms with Crippen molar-refractivity contribution in [1.29, 1.82) is 0 Å². The van der Waals surface area contributed by atoms with E-state index in [-0.39, 0.29) is 25.4 Å². The van der Waals surface area contributed by atoms with Crippen LogP contribution in [-0.2, 0) is 4.79 Å². The molecular weight excluding hydrogens is 288 g/mol. The normalized spacial score (nSPS) is 10.9. The molecule has 7 nitrogen and oxygen atoms in total. The summed E-state index contributed by atoms with van der Waals surface area (Å²) in [6, 6.07) is 5.14. The number of nitrogens with zero attached hydrogens (tertiary/aromatic N) is 2. The molecule has 0 radical (unpaired) electrons. The Balaban J connectivity index is 2.56. The largest absolute Gasteiger partial charge is 0.395 e. The predicted octanol–water partition coefficient (Wildman–Crippen LogP) is 1.09. The van der Waals surface area contributed by atoms with Gasteiger partial charge in [-0.1, -0.05) is 0 Å². The molecule has 0 saturated heterocycles. The number of hydrogen-bond acceptors (Lipinski definition) is 5. The quantitative estimate of drug-likeness (QED) is 0.553. The lowest BCUT2D eigenvalue weighted by Crippen LogP contribution is -2.38. The third kappa shape index (κ3) is 6.23. The topological polar surface area (TPSA) is 95.7 Å². The maximum absolute atomic E-state index is 12.3. The van der Waals surface area contributed by atoms with Crippen LogP contribution in [0.4, 0.5) is 20.2 Å². The zero-order chi connectivity index (χ0) is 15.8. The van der Waals surface area contributed by atoms with Crippen LogP contribution < -0.4 is 5.32 Å². The minimum Gasteiger partial charge on any atom is -0.395 e. The molecule has 0 unspecified atom stereocenters. The summed E-state index contributed by atoms with van der Waals surface area (Å²) in [5, 5.41) is 21.7. The molecule has 0 aromatic heterocycles. The first-order valence-electron chi connectivity index (χ1n) is 6.08. The number of non-ortho nitro benzene ring substituents is 1. The van der Waals surface area contributed by atoms with Crippen LogP contribution in [-0.4, -0.2) is 53.5 Å². The zero-order valence-electron chi connectivity index (χ0n) is 11.0. The van der Waals surface area contributed by atoms with Gasteiger partial charge in [0.15, 0.2) is 0 Å². The Hall–Kier alpha value is -2.13. The average molecular weight is 303 g/mol. The van der Waals surface area contributed by atoms with E-state index in [1.807, 2.05) is 0 Å². The molecule has 2 N–H and O–H groups in total. The molecule has 21 heavy (non-hydrogen) atoms. The molecule has 1 aromatic carbocycles. The molecule has 0 bridgehead atoms. The number of anilines is 1. The summed E-state index contributed by atoms with van der Waals surface area (Å²) >= 11 is 0. The van der Waals surface area contributed by atoms with Gasteiger partial charge in [-0.05, 0) is 12.1 Å². The van der Waals surface area contributed by atoms with E-state index in [4.69, 9.17) is 5.11 Å². The summed E-state index contributed by atoms with van der Waals surface area (Å²) in [6.07, 6.45) is -2.61. The van der Waals surface area contributed by atoms with Gasteiger partial charge in [-0.25, -0.2) is 8.78 Å². The number of benzene rings is 1. The minimum absolute atomic E-state index is 0.0436. The first-order chi connectivity index (χ1) is 9.92. The summed E-state index contributed by atoms with van der Waals surface area (Å²) in [5.41, 5.74) is 0.208. The fourth-order valence-electron chi connectivity index (χ4n) is 1.64. The third-order valence-corrected chi connectivity index (χ3v) is 2.54. The van der Waals surface area contributed by atoms with Gasteiger partial charge in [0.05, 0.1) is 24.6 Å². The Kier molecular flexibility index (Phi) is 6.63. The lowest BCUT2D eigenvalue weighted by molar-refractivity contribution is -0.384. The number of aliphatic hydroxyl groups is 1.